The van der Waals surface area contributed by atoms with Crippen molar-refractivity contribution in [2.45, 2.75) is 89.2 Å². The highest BCUT2D eigenvalue weighted by Gasteiger charge is 2.34. The first-order valence-corrected chi connectivity index (χ1v) is 17.8. The number of benzene rings is 4. The van der Waals surface area contributed by atoms with Crippen LogP contribution in [0, 0.1) is 0 Å². The molecule has 1 heterocycles. The Labute approximate surface area is 300 Å². The molecule has 1 fully saturated rings. The molecule has 0 aromatic heterocycles. The Morgan fingerprint density at radius 1 is 0.843 bits per heavy atom. The average Bonchev–Trinajstić information content (AvgIpc) is 3.16. The highest BCUT2D eigenvalue weighted by atomic mass is 16.7. The van der Waals surface area contributed by atoms with Gasteiger partial charge in [0.1, 0.15) is 0 Å². The van der Waals surface area contributed by atoms with Crippen molar-refractivity contribution >= 4 is 11.9 Å². The number of amides is 1. The van der Waals surface area contributed by atoms with Crippen LogP contribution in [0.4, 0.5) is 0 Å². The van der Waals surface area contributed by atoms with Crippen molar-refractivity contribution in [2.24, 2.45) is 0 Å². The maximum Gasteiger partial charge on any atom is 0.303 e. The maximum absolute atomic E-state index is 12.5. The number of unbranched alkanes of at least 4 members (excludes halogenated alkanes) is 2. The van der Waals surface area contributed by atoms with Gasteiger partial charge in [-0.15, -0.1) is 0 Å². The molecule has 5 rings (SSSR count). The molecule has 4 N–H and O–H groups in total. The number of aliphatic hydroxyl groups excluding tert-OH is 2. The van der Waals surface area contributed by atoms with Crippen molar-refractivity contribution < 1.29 is 34.4 Å². The lowest BCUT2D eigenvalue weighted by Gasteiger charge is -2.39. The van der Waals surface area contributed by atoms with Gasteiger partial charge >= 0.3 is 5.97 Å². The third-order valence-electron chi connectivity index (χ3n) is 9.68. The van der Waals surface area contributed by atoms with Crippen LogP contribution in [0.2, 0.25) is 0 Å². The Hall–Kier alpha value is -4.38. The van der Waals surface area contributed by atoms with Gasteiger partial charge < -0.3 is 30.1 Å². The van der Waals surface area contributed by atoms with E-state index in [-0.39, 0.29) is 37.2 Å². The molecule has 270 valence electrons. The van der Waals surface area contributed by atoms with Gasteiger partial charge in [-0.2, -0.15) is 0 Å². The number of hydrogen-bond donors (Lipinski definition) is 4. The molecule has 9 heteroatoms. The smallest absolute Gasteiger partial charge is 0.303 e. The summed E-state index contributed by atoms with van der Waals surface area (Å²) < 4.78 is 13.2. The molecular weight excluding hydrogens is 644 g/mol. The van der Waals surface area contributed by atoms with Crippen LogP contribution >= 0.6 is 0 Å². The zero-order valence-corrected chi connectivity index (χ0v) is 29.5. The number of carboxylic acids is 1. The summed E-state index contributed by atoms with van der Waals surface area (Å²) in [5.74, 6) is -0.859. The molecule has 0 spiro atoms. The summed E-state index contributed by atoms with van der Waals surface area (Å²) in [5.41, 5.74) is 6.63. The number of carbonyl (C=O) groups is 2. The van der Waals surface area contributed by atoms with E-state index >= 15 is 0 Å². The zero-order valence-electron chi connectivity index (χ0n) is 29.5. The first-order valence-electron chi connectivity index (χ1n) is 17.8. The fraction of sp³-hybridized carbons (Fsp3) is 0.381. The van der Waals surface area contributed by atoms with Crippen LogP contribution in [-0.2, 0) is 32.2 Å². The van der Waals surface area contributed by atoms with E-state index in [1.807, 2.05) is 117 Å². The maximum atomic E-state index is 12.5. The van der Waals surface area contributed by atoms with Crippen LogP contribution in [0.5, 0.6) is 0 Å². The van der Waals surface area contributed by atoms with Crippen LogP contribution in [0.25, 0.3) is 11.1 Å². The van der Waals surface area contributed by atoms with E-state index in [0.717, 1.165) is 38.9 Å². The van der Waals surface area contributed by atoms with E-state index in [2.05, 4.69) is 10.2 Å². The summed E-state index contributed by atoms with van der Waals surface area (Å²) >= 11 is 0. The molecule has 1 saturated heterocycles. The van der Waals surface area contributed by atoms with Crippen LogP contribution in [0.15, 0.2) is 103 Å². The number of hydrogen-bond acceptors (Lipinski definition) is 7. The standard InChI is InChI=1S/C42H50N2O7/c1-29(41(49)33-11-5-3-6-12-33)44(2)27-36-25-38(32-19-17-30(28-45)18-20-32)51-42(50-36)34-23-21-31(22-24-34)37-14-10-9-13-35(37)26-43-39(46)15-7-4-8-16-40(47)48/h3,5-6,9-14,17-24,29,36,38,41-42,45,49H,4,7-8,15-16,25-28H2,1-2H3,(H,43,46)(H,47,48)/t29-,36-,38+,41-,42+/m0/s1. The van der Waals surface area contributed by atoms with Crippen LogP contribution in [0.3, 0.4) is 0 Å². The third-order valence-corrected chi connectivity index (χ3v) is 9.68. The lowest BCUT2D eigenvalue weighted by atomic mass is 9.97. The van der Waals surface area contributed by atoms with Crippen molar-refractivity contribution in [2.75, 3.05) is 13.6 Å². The predicted molar refractivity (Wildman–Crippen MR) is 196 cm³/mol. The van der Waals surface area contributed by atoms with Crippen molar-refractivity contribution in [3.63, 3.8) is 0 Å². The van der Waals surface area contributed by atoms with E-state index < -0.39 is 18.4 Å². The Kier molecular flexibility index (Phi) is 13.9. The minimum Gasteiger partial charge on any atom is -0.481 e. The van der Waals surface area contributed by atoms with E-state index in [4.69, 9.17) is 14.6 Å². The van der Waals surface area contributed by atoms with Gasteiger partial charge in [0.05, 0.1) is 24.9 Å². The van der Waals surface area contributed by atoms with E-state index in [1.165, 1.54) is 0 Å². The minimum atomic E-state index is -0.810. The van der Waals surface area contributed by atoms with Gasteiger partial charge in [-0.3, -0.25) is 14.5 Å². The van der Waals surface area contributed by atoms with Gasteiger partial charge in [0.25, 0.3) is 0 Å². The number of carboxylic acid groups (broad SMARTS) is 1. The Morgan fingerprint density at radius 2 is 1.51 bits per heavy atom. The van der Waals surface area contributed by atoms with Crippen molar-refractivity contribution in [1.82, 2.24) is 10.2 Å². The summed E-state index contributed by atoms with van der Waals surface area (Å²) in [4.78, 5) is 25.3. The van der Waals surface area contributed by atoms with E-state index in [0.29, 0.717) is 45.2 Å². The molecule has 0 aliphatic carbocycles. The molecule has 0 bridgehead atoms. The third kappa shape index (κ3) is 10.8. The molecule has 1 amide bonds. The van der Waals surface area contributed by atoms with Gasteiger partial charge in [-0.05, 0) is 60.2 Å². The molecule has 0 saturated carbocycles. The monoisotopic (exact) mass is 694 g/mol. The zero-order chi connectivity index (χ0) is 36.2. The topological polar surface area (TPSA) is 129 Å². The molecule has 1 aliphatic heterocycles. The summed E-state index contributed by atoms with van der Waals surface area (Å²) in [5, 5.41) is 32.5. The number of rotatable bonds is 17. The second-order valence-corrected chi connectivity index (χ2v) is 13.4. The van der Waals surface area contributed by atoms with Crippen LogP contribution in [-0.4, -0.2) is 57.8 Å². The Balaban J connectivity index is 1.27. The fourth-order valence-corrected chi connectivity index (χ4v) is 6.49. The molecular formula is C42H50N2O7. The molecule has 4 aromatic rings. The molecule has 5 atom stereocenters. The summed E-state index contributed by atoms with van der Waals surface area (Å²) in [6.07, 6.45) is 1.40. The molecule has 0 unspecified atom stereocenters. The van der Waals surface area contributed by atoms with Gasteiger partial charge in [0.15, 0.2) is 6.29 Å². The normalized spacial score (nSPS) is 18.6. The minimum absolute atomic E-state index is 0.0232. The van der Waals surface area contributed by atoms with Crippen LogP contribution < -0.4 is 5.32 Å². The summed E-state index contributed by atoms with van der Waals surface area (Å²) in [6.45, 7) is 2.98. The van der Waals surface area contributed by atoms with Crippen molar-refractivity contribution in [3.8, 4) is 11.1 Å². The Morgan fingerprint density at radius 3 is 2.22 bits per heavy atom. The SMILES string of the molecule is C[C@@H]([C@H](O)c1ccccc1)N(C)C[C@@H]1C[C@H](c2ccc(CO)cc2)O[C@H](c2ccc(-c3ccccc3CNC(=O)CCCCCC(=O)O)cc2)O1. The summed E-state index contributed by atoms with van der Waals surface area (Å²) in [6, 6.07) is 33.5. The molecule has 9 nitrogen and oxygen atoms in total. The number of carbonyl (C=O) groups excluding carboxylic acids is 1. The molecule has 1 aliphatic rings. The lowest BCUT2D eigenvalue weighted by molar-refractivity contribution is -0.253. The van der Waals surface area contributed by atoms with Gasteiger partial charge in [0.2, 0.25) is 5.91 Å². The predicted octanol–water partition coefficient (Wildman–Crippen LogP) is 7.10. The number of aliphatic hydroxyl groups is 2. The Bertz CT molecular complexity index is 1680. The summed E-state index contributed by atoms with van der Waals surface area (Å²) in [7, 11) is 2.01. The van der Waals surface area contributed by atoms with Crippen molar-refractivity contribution in [1.29, 1.82) is 0 Å². The average molecular weight is 695 g/mol. The highest BCUT2D eigenvalue weighted by molar-refractivity contribution is 5.76. The number of aliphatic carboxylic acids is 1. The molecule has 51 heavy (non-hydrogen) atoms. The van der Waals surface area contributed by atoms with Crippen LogP contribution in [0.1, 0.15) is 91.8 Å². The fourth-order valence-electron chi connectivity index (χ4n) is 6.49. The number of nitrogens with one attached hydrogen (secondary N) is 1. The highest BCUT2D eigenvalue weighted by Crippen LogP contribution is 2.39. The number of likely N-dealkylation sites (N-methyl/N-ethyl adjacent to an activating group) is 1. The van der Waals surface area contributed by atoms with Gasteiger partial charge in [-0.25, -0.2) is 0 Å². The largest absolute Gasteiger partial charge is 0.481 e. The first kappa shape index (κ1) is 37.9. The second kappa shape index (κ2) is 18.7. The lowest BCUT2D eigenvalue weighted by Crippen LogP contribution is -2.43. The van der Waals surface area contributed by atoms with Crippen molar-refractivity contribution in [3.05, 3.63) is 131 Å². The number of nitrogens with zero attached hydrogens (tertiary/aromatic N) is 1. The first-order chi connectivity index (χ1) is 24.7. The quantitative estimate of drug-likeness (QED) is 0.0863. The molecule has 0 radical (unpaired) electrons. The van der Waals surface area contributed by atoms with Gasteiger partial charge in [0, 0.05) is 44.0 Å². The van der Waals surface area contributed by atoms with E-state index in [1.54, 1.807) is 0 Å². The van der Waals surface area contributed by atoms with E-state index in [9.17, 15) is 19.8 Å². The second-order valence-electron chi connectivity index (χ2n) is 13.4. The molecule has 4 aromatic carbocycles. The van der Waals surface area contributed by atoms with Gasteiger partial charge in [-0.1, -0.05) is 110 Å². The number of ether oxygens (including phenoxy) is 2.